The van der Waals surface area contributed by atoms with E-state index in [0.29, 0.717) is 6.32 Å². The second-order valence-electron chi connectivity index (χ2n) is 7.79. The van der Waals surface area contributed by atoms with Crippen LogP contribution in [0, 0.1) is 0 Å². The summed E-state index contributed by atoms with van der Waals surface area (Å²) < 4.78 is 0. The van der Waals surface area contributed by atoms with Crippen molar-refractivity contribution in [2.75, 3.05) is 0 Å². The number of unbranched alkanes of at least 4 members (excludes halogenated alkanes) is 4. The van der Waals surface area contributed by atoms with Gasteiger partial charge in [0.15, 0.2) is 0 Å². The molecule has 0 fully saturated rings. The van der Waals surface area contributed by atoms with Gasteiger partial charge in [0.2, 0.25) is 0 Å². The zero-order chi connectivity index (χ0) is 20.4. The topological polar surface area (TPSA) is 40.5 Å². The predicted molar refractivity (Wildman–Crippen MR) is 122 cm³/mol. The SMILES string of the molecule is OB(O)CCCCCCCC(c1ccccc1)(c1ccccc1)c1ccccc1. The summed E-state index contributed by atoms with van der Waals surface area (Å²) in [6.45, 7) is 0. The Morgan fingerprint density at radius 1 is 0.517 bits per heavy atom. The molecule has 0 aliphatic rings. The predicted octanol–water partition coefficient (Wildman–Crippen LogP) is 5.83. The van der Waals surface area contributed by atoms with Gasteiger partial charge in [0.05, 0.1) is 0 Å². The smallest absolute Gasteiger partial charge is 0.427 e. The third-order valence-corrected chi connectivity index (χ3v) is 5.81. The molecule has 2 nitrogen and oxygen atoms in total. The van der Waals surface area contributed by atoms with E-state index in [1.807, 2.05) is 0 Å². The second kappa shape index (κ2) is 11.0. The molecule has 0 atom stereocenters. The molecule has 3 aromatic carbocycles. The van der Waals surface area contributed by atoms with Crippen LogP contribution in [0.1, 0.15) is 55.2 Å². The molecule has 2 N–H and O–H groups in total. The van der Waals surface area contributed by atoms with Crippen LogP contribution >= 0.6 is 0 Å². The Kier molecular flexibility index (Phi) is 8.09. The number of benzene rings is 3. The highest BCUT2D eigenvalue weighted by atomic mass is 16.4. The van der Waals surface area contributed by atoms with Crippen molar-refractivity contribution >= 4 is 7.12 Å². The van der Waals surface area contributed by atoms with E-state index in [9.17, 15) is 0 Å². The van der Waals surface area contributed by atoms with Crippen LogP contribution in [0.25, 0.3) is 0 Å². The van der Waals surface area contributed by atoms with Crippen LogP contribution in [0.4, 0.5) is 0 Å². The van der Waals surface area contributed by atoms with E-state index in [-0.39, 0.29) is 5.41 Å². The van der Waals surface area contributed by atoms with Crippen LogP contribution < -0.4 is 0 Å². The van der Waals surface area contributed by atoms with Gasteiger partial charge in [-0.25, -0.2) is 0 Å². The lowest BCUT2D eigenvalue weighted by Gasteiger charge is -2.36. The van der Waals surface area contributed by atoms with E-state index in [2.05, 4.69) is 91.0 Å². The Labute approximate surface area is 175 Å². The molecule has 3 rings (SSSR count). The van der Waals surface area contributed by atoms with E-state index in [1.165, 1.54) is 16.7 Å². The first kappa shape index (κ1) is 21.4. The maximum absolute atomic E-state index is 9.00. The number of rotatable bonds is 11. The highest BCUT2D eigenvalue weighted by molar-refractivity contribution is 6.40. The van der Waals surface area contributed by atoms with Crippen molar-refractivity contribution in [3.05, 3.63) is 108 Å². The van der Waals surface area contributed by atoms with Gasteiger partial charge in [0.25, 0.3) is 0 Å². The lowest BCUT2D eigenvalue weighted by atomic mass is 9.66. The van der Waals surface area contributed by atoms with E-state index in [1.54, 1.807) is 0 Å². The van der Waals surface area contributed by atoms with E-state index in [0.717, 1.165) is 38.5 Å². The van der Waals surface area contributed by atoms with Gasteiger partial charge in [-0.1, -0.05) is 123 Å². The molecule has 29 heavy (non-hydrogen) atoms. The van der Waals surface area contributed by atoms with Crippen LogP contribution in [-0.2, 0) is 5.41 Å². The van der Waals surface area contributed by atoms with Gasteiger partial charge in [0.1, 0.15) is 0 Å². The molecule has 0 aliphatic carbocycles. The van der Waals surface area contributed by atoms with Gasteiger partial charge in [-0.15, -0.1) is 0 Å². The van der Waals surface area contributed by atoms with Gasteiger partial charge in [-0.05, 0) is 29.4 Å². The summed E-state index contributed by atoms with van der Waals surface area (Å²) in [5, 5.41) is 18.0. The molecule has 150 valence electrons. The molecule has 0 radical (unpaired) electrons. The van der Waals surface area contributed by atoms with Gasteiger partial charge in [-0.2, -0.15) is 0 Å². The van der Waals surface area contributed by atoms with E-state index in [4.69, 9.17) is 10.0 Å². The third kappa shape index (κ3) is 5.59. The first-order valence-electron chi connectivity index (χ1n) is 10.8. The van der Waals surface area contributed by atoms with Crippen molar-refractivity contribution in [2.45, 2.75) is 50.3 Å². The highest BCUT2D eigenvalue weighted by Crippen LogP contribution is 2.43. The van der Waals surface area contributed by atoms with E-state index < -0.39 is 7.12 Å². The molecule has 0 unspecified atom stereocenters. The van der Waals surface area contributed by atoms with Crippen LogP contribution in [0.3, 0.4) is 0 Å². The zero-order valence-corrected chi connectivity index (χ0v) is 17.1. The molecule has 0 spiro atoms. The number of hydrogen-bond donors (Lipinski definition) is 2. The van der Waals surface area contributed by atoms with E-state index >= 15 is 0 Å². The second-order valence-corrected chi connectivity index (χ2v) is 7.79. The van der Waals surface area contributed by atoms with Crippen molar-refractivity contribution in [3.8, 4) is 0 Å². The largest absolute Gasteiger partial charge is 0.451 e. The maximum Gasteiger partial charge on any atom is 0.451 e. The Morgan fingerprint density at radius 2 is 0.897 bits per heavy atom. The minimum atomic E-state index is -1.17. The summed E-state index contributed by atoms with van der Waals surface area (Å²) in [7, 11) is -1.17. The fraction of sp³-hybridized carbons (Fsp3) is 0.308. The molecule has 0 saturated heterocycles. The monoisotopic (exact) mass is 386 g/mol. The summed E-state index contributed by atoms with van der Waals surface area (Å²) >= 11 is 0. The maximum atomic E-state index is 9.00. The molecule has 0 heterocycles. The first-order chi connectivity index (χ1) is 14.2. The number of hydrogen-bond acceptors (Lipinski definition) is 2. The first-order valence-corrected chi connectivity index (χ1v) is 10.8. The van der Waals surface area contributed by atoms with Crippen LogP contribution in [-0.4, -0.2) is 17.2 Å². The van der Waals surface area contributed by atoms with Gasteiger partial charge < -0.3 is 10.0 Å². The molecule has 0 bridgehead atoms. The molecular formula is C26H31BO2. The zero-order valence-electron chi connectivity index (χ0n) is 17.1. The quantitative estimate of drug-likeness (QED) is 0.247. The van der Waals surface area contributed by atoms with Crippen LogP contribution in [0.5, 0.6) is 0 Å². The molecule has 0 aromatic heterocycles. The van der Waals surface area contributed by atoms with Crippen LogP contribution in [0.2, 0.25) is 6.32 Å². The normalized spacial score (nSPS) is 11.4. The molecule has 0 amide bonds. The molecule has 0 aliphatic heterocycles. The lowest BCUT2D eigenvalue weighted by Crippen LogP contribution is -2.29. The lowest BCUT2D eigenvalue weighted by molar-refractivity contribution is 0.401. The average molecular weight is 386 g/mol. The summed E-state index contributed by atoms with van der Waals surface area (Å²) in [6.07, 6.45) is 6.85. The van der Waals surface area contributed by atoms with Gasteiger partial charge >= 0.3 is 7.12 Å². The third-order valence-electron chi connectivity index (χ3n) is 5.81. The fourth-order valence-electron chi connectivity index (χ4n) is 4.35. The summed E-state index contributed by atoms with van der Waals surface area (Å²) in [6, 6.07) is 32.6. The summed E-state index contributed by atoms with van der Waals surface area (Å²) in [5.41, 5.74) is 3.84. The van der Waals surface area contributed by atoms with Gasteiger partial charge in [-0.3, -0.25) is 0 Å². The van der Waals surface area contributed by atoms with Crippen molar-refractivity contribution < 1.29 is 10.0 Å². The highest BCUT2D eigenvalue weighted by Gasteiger charge is 2.35. The standard InChI is InChI=1S/C26H31BO2/c28-27(29)22-14-3-1-2-13-21-26(23-15-7-4-8-16-23,24-17-9-5-10-18-24)25-19-11-6-12-20-25/h4-12,15-20,28-29H,1-3,13-14,21-22H2. The van der Waals surface area contributed by atoms with Gasteiger partial charge in [0, 0.05) is 5.41 Å². The van der Waals surface area contributed by atoms with Crippen molar-refractivity contribution in [1.82, 2.24) is 0 Å². The fourth-order valence-corrected chi connectivity index (χ4v) is 4.35. The molecular weight excluding hydrogens is 355 g/mol. The Bertz CT molecular complexity index is 722. The van der Waals surface area contributed by atoms with Crippen molar-refractivity contribution in [3.63, 3.8) is 0 Å². The average Bonchev–Trinajstić information content (AvgIpc) is 2.77. The minimum absolute atomic E-state index is 0.162. The molecule has 3 aromatic rings. The Balaban J connectivity index is 1.85. The Hall–Kier alpha value is -2.36. The molecule has 3 heteroatoms. The van der Waals surface area contributed by atoms with Crippen molar-refractivity contribution in [2.24, 2.45) is 0 Å². The van der Waals surface area contributed by atoms with Crippen molar-refractivity contribution in [1.29, 1.82) is 0 Å². The Morgan fingerprint density at radius 3 is 1.31 bits per heavy atom. The minimum Gasteiger partial charge on any atom is -0.427 e. The summed E-state index contributed by atoms with van der Waals surface area (Å²) in [4.78, 5) is 0. The molecule has 0 saturated carbocycles. The van der Waals surface area contributed by atoms with Crippen LogP contribution in [0.15, 0.2) is 91.0 Å². The summed E-state index contributed by atoms with van der Waals surface area (Å²) in [5.74, 6) is 0.